The van der Waals surface area contributed by atoms with Crippen molar-refractivity contribution >= 4 is 17.5 Å². The largest absolute Gasteiger partial charge is 0.383 e. The van der Waals surface area contributed by atoms with Crippen LogP contribution >= 0.6 is 0 Å². The third-order valence-electron chi connectivity index (χ3n) is 4.26. The molecule has 5 nitrogen and oxygen atoms in total. The molecule has 1 heterocycles. The monoisotopic (exact) mass is 348 g/mol. The number of rotatable bonds is 7. The van der Waals surface area contributed by atoms with Crippen molar-refractivity contribution in [2.45, 2.75) is 13.8 Å². The second-order valence-electron chi connectivity index (χ2n) is 6.12. The number of anilines is 3. The molecule has 0 fully saturated rings. The first-order valence-corrected chi connectivity index (χ1v) is 8.68. The summed E-state index contributed by atoms with van der Waals surface area (Å²) in [6.45, 7) is 5.49. The summed E-state index contributed by atoms with van der Waals surface area (Å²) in [5.41, 5.74) is 5.35. The molecule has 0 aliphatic rings. The van der Waals surface area contributed by atoms with E-state index in [0.717, 1.165) is 22.8 Å². The SMILES string of the molecule is COCCNc1cc(-c2ccccc2)nc(Nc2cccc(C)c2C)n1. The van der Waals surface area contributed by atoms with Gasteiger partial charge in [-0.1, -0.05) is 42.5 Å². The molecule has 0 aliphatic carbocycles. The van der Waals surface area contributed by atoms with Crippen molar-refractivity contribution in [1.82, 2.24) is 9.97 Å². The number of hydrogen-bond donors (Lipinski definition) is 2. The van der Waals surface area contributed by atoms with Gasteiger partial charge in [-0.05, 0) is 31.0 Å². The lowest BCUT2D eigenvalue weighted by Gasteiger charge is -2.13. The highest BCUT2D eigenvalue weighted by atomic mass is 16.5. The van der Waals surface area contributed by atoms with Crippen LogP contribution in [-0.2, 0) is 4.74 Å². The summed E-state index contributed by atoms with van der Waals surface area (Å²) in [5, 5.41) is 6.65. The fraction of sp³-hybridized carbons (Fsp3) is 0.238. The van der Waals surface area contributed by atoms with E-state index >= 15 is 0 Å². The van der Waals surface area contributed by atoms with Crippen LogP contribution in [0.3, 0.4) is 0 Å². The fourth-order valence-electron chi connectivity index (χ4n) is 2.64. The van der Waals surface area contributed by atoms with E-state index in [-0.39, 0.29) is 0 Å². The number of hydrogen-bond acceptors (Lipinski definition) is 5. The van der Waals surface area contributed by atoms with Crippen molar-refractivity contribution in [3.63, 3.8) is 0 Å². The van der Waals surface area contributed by atoms with Crippen LogP contribution in [0.5, 0.6) is 0 Å². The molecule has 26 heavy (non-hydrogen) atoms. The molecule has 0 amide bonds. The first-order chi connectivity index (χ1) is 12.7. The number of nitrogens with zero attached hydrogens (tertiary/aromatic N) is 2. The third kappa shape index (κ3) is 4.37. The third-order valence-corrected chi connectivity index (χ3v) is 4.26. The second kappa shape index (κ2) is 8.45. The molecule has 0 radical (unpaired) electrons. The van der Waals surface area contributed by atoms with E-state index in [4.69, 9.17) is 9.72 Å². The normalized spacial score (nSPS) is 10.6. The van der Waals surface area contributed by atoms with E-state index in [1.807, 2.05) is 48.5 Å². The Morgan fingerprint density at radius 3 is 2.54 bits per heavy atom. The van der Waals surface area contributed by atoms with E-state index in [1.54, 1.807) is 7.11 Å². The van der Waals surface area contributed by atoms with Crippen LogP contribution in [0.4, 0.5) is 17.5 Å². The number of ether oxygens (including phenoxy) is 1. The highest BCUT2D eigenvalue weighted by Gasteiger charge is 2.09. The van der Waals surface area contributed by atoms with E-state index < -0.39 is 0 Å². The molecular weight excluding hydrogens is 324 g/mol. The van der Waals surface area contributed by atoms with Crippen molar-refractivity contribution in [2.75, 3.05) is 30.9 Å². The zero-order valence-electron chi connectivity index (χ0n) is 15.4. The van der Waals surface area contributed by atoms with Gasteiger partial charge in [-0.3, -0.25) is 0 Å². The van der Waals surface area contributed by atoms with Crippen molar-refractivity contribution in [1.29, 1.82) is 0 Å². The average molecular weight is 348 g/mol. The smallest absolute Gasteiger partial charge is 0.229 e. The quantitative estimate of drug-likeness (QED) is 0.613. The van der Waals surface area contributed by atoms with Gasteiger partial charge in [0.05, 0.1) is 12.3 Å². The first kappa shape index (κ1) is 17.9. The van der Waals surface area contributed by atoms with Crippen LogP contribution in [0, 0.1) is 13.8 Å². The summed E-state index contributed by atoms with van der Waals surface area (Å²) in [6, 6.07) is 18.2. The van der Waals surface area contributed by atoms with Crippen LogP contribution in [0.25, 0.3) is 11.3 Å². The predicted octanol–water partition coefficient (Wildman–Crippen LogP) is 4.56. The molecule has 3 aromatic rings. The van der Waals surface area contributed by atoms with Crippen LogP contribution in [0.15, 0.2) is 54.6 Å². The minimum Gasteiger partial charge on any atom is -0.383 e. The first-order valence-electron chi connectivity index (χ1n) is 8.68. The summed E-state index contributed by atoms with van der Waals surface area (Å²) in [6.07, 6.45) is 0. The predicted molar refractivity (Wildman–Crippen MR) is 107 cm³/mol. The molecule has 0 saturated carbocycles. The molecule has 0 bridgehead atoms. The highest BCUT2D eigenvalue weighted by Crippen LogP contribution is 2.25. The maximum Gasteiger partial charge on any atom is 0.229 e. The highest BCUT2D eigenvalue weighted by molar-refractivity contribution is 5.67. The van der Waals surface area contributed by atoms with Crippen molar-refractivity contribution in [3.05, 3.63) is 65.7 Å². The van der Waals surface area contributed by atoms with E-state index in [9.17, 15) is 0 Å². The van der Waals surface area contributed by atoms with Gasteiger partial charge in [0.1, 0.15) is 5.82 Å². The van der Waals surface area contributed by atoms with E-state index in [1.165, 1.54) is 11.1 Å². The molecule has 134 valence electrons. The molecule has 2 N–H and O–H groups in total. The second-order valence-corrected chi connectivity index (χ2v) is 6.12. The molecule has 0 atom stereocenters. The average Bonchev–Trinajstić information content (AvgIpc) is 2.66. The number of aryl methyl sites for hydroxylation is 1. The number of aromatic nitrogens is 2. The Morgan fingerprint density at radius 1 is 0.962 bits per heavy atom. The van der Waals surface area contributed by atoms with Crippen LogP contribution in [-0.4, -0.2) is 30.2 Å². The lowest BCUT2D eigenvalue weighted by molar-refractivity contribution is 0.210. The topological polar surface area (TPSA) is 59.1 Å². The Labute approximate surface area is 154 Å². The molecule has 5 heteroatoms. The number of nitrogens with one attached hydrogen (secondary N) is 2. The van der Waals surface area contributed by atoms with Crippen molar-refractivity contribution in [3.8, 4) is 11.3 Å². The molecule has 3 rings (SSSR count). The molecule has 0 saturated heterocycles. The van der Waals surface area contributed by atoms with E-state index in [2.05, 4.69) is 35.5 Å². The Hall–Kier alpha value is -2.92. The Morgan fingerprint density at radius 2 is 1.77 bits per heavy atom. The summed E-state index contributed by atoms with van der Waals surface area (Å²) in [5.74, 6) is 1.34. The number of methoxy groups -OCH3 is 1. The summed E-state index contributed by atoms with van der Waals surface area (Å²) < 4.78 is 5.11. The van der Waals surface area contributed by atoms with Gasteiger partial charge in [0.15, 0.2) is 0 Å². The van der Waals surface area contributed by atoms with Gasteiger partial charge in [0.25, 0.3) is 0 Å². The Bertz CT molecular complexity index is 865. The Kier molecular flexibility index (Phi) is 5.81. The summed E-state index contributed by atoms with van der Waals surface area (Å²) >= 11 is 0. The van der Waals surface area contributed by atoms with Gasteiger partial charge in [0.2, 0.25) is 5.95 Å². The van der Waals surface area contributed by atoms with Gasteiger partial charge in [-0.15, -0.1) is 0 Å². The van der Waals surface area contributed by atoms with Crippen molar-refractivity contribution < 1.29 is 4.74 Å². The van der Waals surface area contributed by atoms with Crippen LogP contribution in [0.1, 0.15) is 11.1 Å². The van der Waals surface area contributed by atoms with Gasteiger partial charge >= 0.3 is 0 Å². The van der Waals surface area contributed by atoms with Crippen molar-refractivity contribution in [2.24, 2.45) is 0 Å². The fourth-order valence-corrected chi connectivity index (χ4v) is 2.64. The van der Waals surface area contributed by atoms with Crippen LogP contribution < -0.4 is 10.6 Å². The standard InChI is InChI=1S/C21H24N4O/c1-15-8-7-11-18(16(15)2)23-21-24-19(17-9-5-4-6-10-17)14-20(25-21)22-12-13-26-3/h4-11,14H,12-13H2,1-3H3,(H2,22,23,24,25). The molecule has 0 unspecified atom stereocenters. The summed E-state index contributed by atoms with van der Waals surface area (Å²) in [4.78, 5) is 9.31. The van der Waals surface area contributed by atoms with E-state index in [0.29, 0.717) is 19.1 Å². The molecule has 2 aromatic carbocycles. The Balaban J connectivity index is 1.95. The van der Waals surface area contributed by atoms with Gasteiger partial charge in [0, 0.05) is 31.0 Å². The maximum atomic E-state index is 5.11. The molecular formula is C21H24N4O. The molecule has 0 aliphatic heterocycles. The lowest BCUT2D eigenvalue weighted by Crippen LogP contribution is -2.10. The van der Waals surface area contributed by atoms with Gasteiger partial charge < -0.3 is 15.4 Å². The summed E-state index contributed by atoms with van der Waals surface area (Å²) in [7, 11) is 1.69. The van der Waals surface area contributed by atoms with Crippen LogP contribution in [0.2, 0.25) is 0 Å². The van der Waals surface area contributed by atoms with Gasteiger partial charge in [-0.2, -0.15) is 4.98 Å². The zero-order valence-corrected chi connectivity index (χ0v) is 15.4. The number of benzene rings is 2. The molecule has 1 aromatic heterocycles. The lowest BCUT2D eigenvalue weighted by atomic mass is 10.1. The van der Waals surface area contributed by atoms with Gasteiger partial charge in [-0.25, -0.2) is 4.98 Å². The minimum atomic E-state index is 0.569. The molecule has 0 spiro atoms. The minimum absolute atomic E-state index is 0.569. The maximum absolute atomic E-state index is 5.11. The zero-order chi connectivity index (χ0) is 18.4.